The number of anilines is 1. The largest absolute Gasteiger partial charge is 0.344 e. The van der Waals surface area contributed by atoms with Gasteiger partial charge in [-0.25, -0.2) is 0 Å². The van der Waals surface area contributed by atoms with Crippen LogP contribution in [0.1, 0.15) is 16.9 Å². The van der Waals surface area contributed by atoms with E-state index in [0.717, 1.165) is 40.9 Å². The molecule has 1 aromatic heterocycles. The molecule has 1 fully saturated rings. The van der Waals surface area contributed by atoms with Crippen LogP contribution in [0.15, 0.2) is 35.7 Å². The summed E-state index contributed by atoms with van der Waals surface area (Å²) in [5, 5.41) is 7.05. The van der Waals surface area contributed by atoms with Crippen LogP contribution in [-0.2, 0) is 6.54 Å². The molecule has 0 amide bonds. The van der Waals surface area contributed by atoms with Gasteiger partial charge in [-0.15, -0.1) is 11.3 Å². The second kappa shape index (κ2) is 10.6. The van der Waals surface area contributed by atoms with Crippen LogP contribution >= 0.6 is 35.2 Å². The van der Waals surface area contributed by atoms with Gasteiger partial charge < -0.3 is 20.0 Å². The monoisotopic (exact) mass is 438 g/mol. The van der Waals surface area contributed by atoms with Gasteiger partial charge in [0.1, 0.15) is 26.2 Å². The van der Waals surface area contributed by atoms with E-state index in [4.69, 9.17) is 23.8 Å². The zero-order valence-electron chi connectivity index (χ0n) is 16.8. The molecule has 2 aromatic rings. The van der Waals surface area contributed by atoms with Crippen molar-refractivity contribution in [3.05, 3.63) is 51.2 Å². The number of quaternary nitrogens is 2. The number of nitrogens with one attached hydrogen (secondary N) is 3. The van der Waals surface area contributed by atoms with Crippen LogP contribution in [0, 0.1) is 6.92 Å². The van der Waals surface area contributed by atoms with Crippen molar-refractivity contribution in [1.82, 2.24) is 4.90 Å². The van der Waals surface area contributed by atoms with Crippen molar-refractivity contribution in [3.63, 3.8) is 0 Å². The summed E-state index contributed by atoms with van der Waals surface area (Å²) < 4.78 is 0. The normalized spacial score (nSPS) is 19.4. The minimum Gasteiger partial charge on any atom is -0.344 e. The van der Waals surface area contributed by atoms with Crippen molar-refractivity contribution in [1.29, 1.82) is 0 Å². The third kappa shape index (κ3) is 6.42. The lowest BCUT2D eigenvalue weighted by Crippen LogP contribution is -3.27. The average Bonchev–Trinajstić information content (AvgIpc) is 3.18. The number of aryl methyl sites for hydroxylation is 1. The minimum absolute atomic E-state index is 0.724. The Hall–Kier alpha value is -1.18. The Morgan fingerprint density at radius 3 is 2.75 bits per heavy atom. The second-order valence-electron chi connectivity index (χ2n) is 7.70. The zero-order chi connectivity index (χ0) is 19.9. The Morgan fingerprint density at radius 2 is 2.04 bits per heavy atom. The number of nitrogens with zero attached hydrogens (tertiary/aromatic N) is 1. The summed E-state index contributed by atoms with van der Waals surface area (Å²) in [7, 11) is 2.29. The van der Waals surface area contributed by atoms with Gasteiger partial charge in [0.15, 0.2) is 5.11 Å². The molecule has 7 heteroatoms. The maximum absolute atomic E-state index is 6.18. The Bertz CT molecular complexity index is 758. The van der Waals surface area contributed by atoms with Gasteiger partial charge in [0.2, 0.25) is 0 Å². The average molecular weight is 439 g/mol. The van der Waals surface area contributed by atoms with Crippen LogP contribution in [0.2, 0.25) is 5.02 Å². The van der Waals surface area contributed by atoms with Gasteiger partial charge in [-0.1, -0.05) is 23.7 Å². The summed E-state index contributed by atoms with van der Waals surface area (Å²) in [6.07, 6.45) is 1.15. The van der Waals surface area contributed by atoms with E-state index in [-0.39, 0.29) is 0 Å². The number of rotatable bonds is 7. The maximum Gasteiger partial charge on any atom is 0.173 e. The highest BCUT2D eigenvalue weighted by molar-refractivity contribution is 7.80. The topological polar surface area (TPSA) is 24.2 Å². The van der Waals surface area contributed by atoms with Gasteiger partial charge in [0.05, 0.1) is 20.1 Å². The summed E-state index contributed by atoms with van der Waals surface area (Å²) >= 11 is 13.7. The third-order valence-electron chi connectivity index (χ3n) is 5.42. The van der Waals surface area contributed by atoms with E-state index < -0.39 is 0 Å². The molecule has 0 spiro atoms. The van der Waals surface area contributed by atoms with Gasteiger partial charge in [0, 0.05) is 28.6 Å². The lowest BCUT2D eigenvalue weighted by Gasteiger charge is -2.29. The molecule has 1 aliphatic rings. The van der Waals surface area contributed by atoms with Crippen LogP contribution in [0.3, 0.4) is 0 Å². The summed E-state index contributed by atoms with van der Waals surface area (Å²) in [6.45, 7) is 10.2. The molecule has 1 aliphatic heterocycles. The molecule has 1 aromatic carbocycles. The van der Waals surface area contributed by atoms with Crippen molar-refractivity contribution in [3.8, 4) is 0 Å². The van der Waals surface area contributed by atoms with Gasteiger partial charge in [-0.2, -0.15) is 0 Å². The Kier molecular flexibility index (Phi) is 8.11. The number of hydrogen-bond donors (Lipinski definition) is 3. The Labute approximate surface area is 183 Å². The van der Waals surface area contributed by atoms with E-state index >= 15 is 0 Å². The maximum atomic E-state index is 6.18. The summed E-state index contributed by atoms with van der Waals surface area (Å²) in [5.41, 5.74) is 2.13. The highest BCUT2D eigenvalue weighted by Crippen LogP contribution is 2.21. The molecule has 28 heavy (non-hydrogen) atoms. The van der Waals surface area contributed by atoms with Gasteiger partial charge in [-0.3, -0.25) is 0 Å². The molecule has 1 saturated heterocycles. The molecule has 0 bridgehead atoms. The first-order chi connectivity index (χ1) is 13.5. The van der Waals surface area contributed by atoms with Crippen LogP contribution in [-0.4, -0.2) is 56.3 Å². The van der Waals surface area contributed by atoms with Crippen molar-refractivity contribution < 1.29 is 9.80 Å². The Morgan fingerprint density at radius 1 is 1.25 bits per heavy atom. The number of halogens is 1. The fourth-order valence-electron chi connectivity index (χ4n) is 3.57. The molecular formula is C21H31ClN4S2+2. The molecule has 3 N–H and O–H groups in total. The number of benzene rings is 1. The minimum atomic E-state index is 0.724. The predicted molar refractivity (Wildman–Crippen MR) is 124 cm³/mol. The molecule has 0 saturated carbocycles. The first-order valence-corrected chi connectivity index (χ1v) is 11.7. The van der Waals surface area contributed by atoms with E-state index in [0.29, 0.717) is 0 Å². The number of hydrogen-bond acceptors (Lipinski definition) is 2. The van der Waals surface area contributed by atoms with E-state index in [9.17, 15) is 0 Å². The van der Waals surface area contributed by atoms with Gasteiger partial charge in [0.25, 0.3) is 0 Å². The number of piperazine rings is 1. The highest BCUT2D eigenvalue weighted by atomic mass is 35.5. The molecule has 2 heterocycles. The van der Waals surface area contributed by atoms with Gasteiger partial charge in [-0.05, 0) is 48.3 Å². The van der Waals surface area contributed by atoms with Crippen molar-refractivity contribution in [2.24, 2.45) is 0 Å². The van der Waals surface area contributed by atoms with Crippen LogP contribution in [0.25, 0.3) is 0 Å². The van der Waals surface area contributed by atoms with Crippen molar-refractivity contribution >= 4 is 46.0 Å². The predicted octanol–water partition coefficient (Wildman–Crippen LogP) is 1.71. The molecule has 3 rings (SSSR count). The molecule has 152 valence electrons. The molecule has 4 nitrogen and oxygen atoms in total. The third-order valence-corrected chi connectivity index (χ3v) is 6.88. The van der Waals surface area contributed by atoms with Crippen molar-refractivity contribution in [2.75, 3.05) is 51.6 Å². The molecule has 0 radical (unpaired) electrons. The van der Waals surface area contributed by atoms with Crippen LogP contribution in [0.5, 0.6) is 0 Å². The Balaban J connectivity index is 1.59. The standard InChI is InChI=1S/C21H29ClN4S2/c1-17-6-7-18(22)15-20(17)23-21(27)26(16-19-5-3-14-28-19)9-4-8-25-12-10-24(2)11-13-25/h3,5-7,14-15H,4,8-13,16H2,1-2H3,(H,23,27)/p+2. The summed E-state index contributed by atoms with van der Waals surface area (Å²) in [5.74, 6) is 0. The van der Waals surface area contributed by atoms with E-state index in [1.807, 2.05) is 18.2 Å². The lowest BCUT2D eigenvalue weighted by atomic mass is 10.2. The van der Waals surface area contributed by atoms with E-state index in [1.54, 1.807) is 21.1 Å². The number of thiocarbonyl (C=S) groups is 1. The molecule has 0 aliphatic carbocycles. The molecule has 0 unspecified atom stereocenters. The van der Waals surface area contributed by atoms with Crippen LogP contribution in [0.4, 0.5) is 5.69 Å². The lowest BCUT2D eigenvalue weighted by molar-refractivity contribution is -1.00. The molecular weight excluding hydrogens is 408 g/mol. The smallest absolute Gasteiger partial charge is 0.173 e. The summed E-state index contributed by atoms with van der Waals surface area (Å²) in [4.78, 5) is 7.02. The first-order valence-electron chi connectivity index (χ1n) is 10.0. The fourth-order valence-corrected chi connectivity index (χ4v) is 4.72. The zero-order valence-corrected chi connectivity index (χ0v) is 19.2. The SMILES string of the molecule is Cc1ccc(Cl)cc1NC(=S)N(CCC[NH+]1CC[NH+](C)CC1)Cc1cccs1. The van der Waals surface area contributed by atoms with Crippen molar-refractivity contribution in [2.45, 2.75) is 19.9 Å². The number of thiophene rings is 1. The fraction of sp³-hybridized carbons (Fsp3) is 0.476. The quantitative estimate of drug-likeness (QED) is 0.574. The van der Waals surface area contributed by atoms with Crippen LogP contribution < -0.4 is 15.1 Å². The highest BCUT2D eigenvalue weighted by Gasteiger charge is 2.20. The molecule has 0 atom stereocenters. The second-order valence-corrected chi connectivity index (χ2v) is 9.56. The van der Waals surface area contributed by atoms with E-state index in [2.05, 4.69) is 41.7 Å². The first kappa shape index (κ1) is 21.5. The summed E-state index contributed by atoms with van der Waals surface area (Å²) in [6, 6.07) is 10.2. The number of likely N-dealkylation sites (N-methyl/N-ethyl adjacent to an activating group) is 1. The van der Waals surface area contributed by atoms with Gasteiger partial charge >= 0.3 is 0 Å². The van der Waals surface area contributed by atoms with E-state index in [1.165, 1.54) is 37.6 Å².